The fourth-order valence-electron chi connectivity index (χ4n) is 2.10. The van der Waals surface area contributed by atoms with Crippen LogP contribution in [0.4, 0.5) is 0 Å². The highest BCUT2D eigenvalue weighted by Crippen LogP contribution is 2.15. The van der Waals surface area contributed by atoms with E-state index >= 15 is 0 Å². The number of hydrogen-bond acceptors (Lipinski definition) is 4. The Balaban J connectivity index is 1.52. The Kier molecular flexibility index (Phi) is 3.86. The Hall–Kier alpha value is -3.09. The molecule has 2 amide bonds. The lowest BCUT2D eigenvalue weighted by Crippen LogP contribution is -2.34. The SMILES string of the molecule is O=C(NCCNC(=O)c1cccc2cn[nH]c12)c1ccco1. The molecule has 1 aromatic carbocycles. The van der Waals surface area contributed by atoms with Crippen LogP contribution in [-0.2, 0) is 0 Å². The van der Waals surface area contributed by atoms with Crippen LogP contribution in [0.2, 0.25) is 0 Å². The smallest absolute Gasteiger partial charge is 0.287 e. The van der Waals surface area contributed by atoms with Gasteiger partial charge in [0.05, 0.1) is 23.5 Å². The lowest BCUT2D eigenvalue weighted by molar-refractivity contribution is 0.0911. The number of carbonyl (C=O) groups is 2. The second kappa shape index (κ2) is 6.13. The van der Waals surface area contributed by atoms with Gasteiger partial charge in [0.25, 0.3) is 11.8 Å². The molecule has 0 spiro atoms. The molecule has 3 rings (SSSR count). The number of aromatic nitrogens is 2. The van der Waals surface area contributed by atoms with Gasteiger partial charge in [0.15, 0.2) is 5.76 Å². The van der Waals surface area contributed by atoms with E-state index in [-0.39, 0.29) is 17.6 Å². The van der Waals surface area contributed by atoms with Gasteiger partial charge in [-0.2, -0.15) is 5.10 Å². The summed E-state index contributed by atoms with van der Waals surface area (Å²) >= 11 is 0. The number of aromatic amines is 1. The number of fused-ring (bicyclic) bond motifs is 1. The summed E-state index contributed by atoms with van der Waals surface area (Å²) in [7, 11) is 0. The largest absolute Gasteiger partial charge is 0.459 e. The van der Waals surface area contributed by atoms with Gasteiger partial charge in [0.2, 0.25) is 0 Å². The molecular weight excluding hydrogens is 284 g/mol. The molecule has 0 fully saturated rings. The number of para-hydroxylation sites is 1. The first-order valence-electron chi connectivity index (χ1n) is 6.78. The summed E-state index contributed by atoms with van der Waals surface area (Å²) < 4.78 is 4.97. The number of nitrogens with zero attached hydrogens (tertiary/aromatic N) is 1. The Morgan fingerprint density at radius 3 is 2.68 bits per heavy atom. The number of H-pyrrole nitrogens is 1. The van der Waals surface area contributed by atoms with E-state index in [2.05, 4.69) is 20.8 Å². The van der Waals surface area contributed by atoms with Crippen LogP contribution in [0, 0.1) is 0 Å². The lowest BCUT2D eigenvalue weighted by atomic mass is 10.1. The first kappa shape index (κ1) is 13.9. The Morgan fingerprint density at radius 1 is 1.09 bits per heavy atom. The molecule has 2 aromatic heterocycles. The van der Waals surface area contributed by atoms with Crippen molar-refractivity contribution in [3.8, 4) is 0 Å². The normalized spacial score (nSPS) is 10.5. The van der Waals surface area contributed by atoms with Crippen LogP contribution >= 0.6 is 0 Å². The van der Waals surface area contributed by atoms with Gasteiger partial charge in [-0.15, -0.1) is 0 Å². The second-order valence-corrected chi connectivity index (χ2v) is 4.63. The zero-order chi connectivity index (χ0) is 15.4. The number of rotatable bonds is 5. The van der Waals surface area contributed by atoms with E-state index in [1.54, 1.807) is 30.5 Å². The first-order chi connectivity index (χ1) is 10.8. The average Bonchev–Trinajstić information content (AvgIpc) is 3.21. The summed E-state index contributed by atoms with van der Waals surface area (Å²) in [6, 6.07) is 8.61. The van der Waals surface area contributed by atoms with E-state index in [4.69, 9.17) is 4.42 Å². The van der Waals surface area contributed by atoms with Crippen molar-refractivity contribution in [1.29, 1.82) is 0 Å². The maximum Gasteiger partial charge on any atom is 0.287 e. The number of amides is 2. The van der Waals surface area contributed by atoms with Crippen LogP contribution < -0.4 is 10.6 Å². The monoisotopic (exact) mass is 298 g/mol. The van der Waals surface area contributed by atoms with Crippen LogP contribution in [-0.4, -0.2) is 35.1 Å². The predicted molar refractivity (Wildman–Crippen MR) is 79.5 cm³/mol. The number of hydrogen-bond donors (Lipinski definition) is 3. The van der Waals surface area contributed by atoms with Crippen molar-refractivity contribution < 1.29 is 14.0 Å². The van der Waals surface area contributed by atoms with E-state index in [0.717, 1.165) is 5.39 Å². The van der Waals surface area contributed by atoms with Gasteiger partial charge < -0.3 is 15.1 Å². The third kappa shape index (κ3) is 2.83. The minimum Gasteiger partial charge on any atom is -0.459 e. The van der Waals surface area contributed by atoms with Crippen LogP contribution in [0.5, 0.6) is 0 Å². The van der Waals surface area contributed by atoms with Crippen molar-refractivity contribution >= 4 is 22.7 Å². The summed E-state index contributed by atoms with van der Waals surface area (Å²) in [6.07, 6.45) is 3.09. The molecule has 2 heterocycles. The number of carbonyl (C=O) groups excluding carboxylic acids is 2. The molecule has 7 nitrogen and oxygen atoms in total. The maximum atomic E-state index is 12.1. The fraction of sp³-hybridized carbons (Fsp3) is 0.133. The predicted octanol–water partition coefficient (Wildman–Crippen LogP) is 1.32. The zero-order valence-electron chi connectivity index (χ0n) is 11.6. The molecule has 0 atom stereocenters. The summed E-state index contributed by atoms with van der Waals surface area (Å²) in [4.78, 5) is 23.8. The van der Waals surface area contributed by atoms with Gasteiger partial charge in [0, 0.05) is 18.5 Å². The van der Waals surface area contributed by atoms with Crippen LogP contribution in [0.3, 0.4) is 0 Å². The summed E-state index contributed by atoms with van der Waals surface area (Å²) in [5, 5.41) is 13.0. The molecule has 0 aliphatic carbocycles. The van der Waals surface area contributed by atoms with Crippen molar-refractivity contribution in [2.24, 2.45) is 0 Å². The van der Waals surface area contributed by atoms with Gasteiger partial charge >= 0.3 is 0 Å². The standard InChI is InChI=1S/C15H14N4O3/c20-14(11-4-1-3-10-9-18-19-13(10)11)16-6-7-17-15(21)12-5-2-8-22-12/h1-5,8-9H,6-7H2,(H,16,20)(H,17,21)(H,18,19). The van der Waals surface area contributed by atoms with Crippen molar-refractivity contribution in [2.45, 2.75) is 0 Å². The molecule has 0 saturated carbocycles. The fourth-order valence-corrected chi connectivity index (χ4v) is 2.10. The van der Waals surface area contributed by atoms with E-state index in [9.17, 15) is 9.59 Å². The molecular formula is C15H14N4O3. The van der Waals surface area contributed by atoms with Crippen LogP contribution in [0.25, 0.3) is 10.9 Å². The minimum absolute atomic E-state index is 0.220. The van der Waals surface area contributed by atoms with E-state index < -0.39 is 0 Å². The zero-order valence-corrected chi connectivity index (χ0v) is 11.6. The third-order valence-electron chi connectivity index (χ3n) is 3.16. The topological polar surface area (TPSA) is 100 Å². The third-order valence-corrected chi connectivity index (χ3v) is 3.16. The quantitative estimate of drug-likeness (QED) is 0.618. The minimum atomic E-state index is -0.310. The van der Waals surface area contributed by atoms with E-state index in [1.165, 1.54) is 6.26 Å². The molecule has 0 radical (unpaired) electrons. The molecule has 0 saturated heterocycles. The number of benzene rings is 1. The average molecular weight is 298 g/mol. The molecule has 0 unspecified atom stereocenters. The van der Waals surface area contributed by atoms with Gasteiger partial charge in [-0.05, 0) is 18.2 Å². The summed E-state index contributed by atoms with van der Waals surface area (Å²) in [5.41, 5.74) is 1.21. The van der Waals surface area contributed by atoms with Crippen LogP contribution in [0.1, 0.15) is 20.9 Å². The van der Waals surface area contributed by atoms with Crippen molar-refractivity contribution in [3.05, 3.63) is 54.1 Å². The van der Waals surface area contributed by atoms with Gasteiger partial charge in [-0.1, -0.05) is 12.1 Å². The molecule has 3 aromatic rings. The maximum absolute atomic E-state index is 12.1. The van der Waals surface area contributed by atoms with Crippen LogP contribution in [0.15, 0.2) is 47.2 Å². The molecule has 7 heteroatoms. The Labute approximate surface area is 125 Å². The molecule has 112 valence electrons. The highest BCUT2D eigenvalue weighted by molar-refractivity contribution is 6.05. The van der Waals surface area contributed by atoms with E-state index in [1.807, 2.05) is 6.07 Å². The molecule has 0 aliphatic rings. The molecule has 0 bridgehead atoms. The second-order valence-electron chi connectivity index (χ2n) is 4.63. The van der Waals surface area contributed by atoms with Crippen molar-refractivity contribution in [3.63, 3.8) is 0 Å². The lowest BCUT2D eigenvalue weighted by Gasteiger charge is -2.07. The summed E-state index contributed by atoms with van der Waals surface area (Å²) in [6.45, 7) is 0.625. The van der Waals surface area contributed by atoms with Gasteiger partial charge in [0.1, 0.15) is 0 Å². The number of furan rings is 1. The first-order valence-corrected chi connectivity index (χ1v) is 6.78. The Morgan fingerprint density at radius 2 is 1.91 bits per heavy atom. The highest BCUT2D eigenvalue weighted by Gasteiger charge is 2.11. The summed E-state index contributed by atoms with van der Waals surface area (Å²) in [5.74, 6) is -0.287. The molecule has 0 aliphatic heterocycles. The van der Waals surface area contributed by atoms with Gasteiger partial charge in [-0.25, -0.2) is 0 Å². The van der Waals surface area contributed by atoms with Crippen molar-refractivity contribution in [1.82, 2.24) is 20.8 Å². The van der Waals surface area contributed by atoms with E-state index in [0.29, 0.717) is 24.2 Å². The molecule has 3 N–H and O–H groups in total. The Bertz CT molecular complexity index is 792. The molecule has 22 heavy (non-hydrogen) atoms. The van der Waals surface area contributed by atoms with Gasteiger partial charge in [-0.3, -0.25) is 14.7 Å². The van der Waals surface area contributed by atoms with Crippen molar-refractivity contribution in [2.75, 3.05) is 13.1 Å². The highest BCUT2D eigenvalue weighted by atomic mass is 16.3. The number of nitrogens with one attached hydrogen (secondary N) is 3.